The van der Waals surface area contributed by atoms with Crippen molar-refractivity contribution >= 4 is 0 Å². The standard InChI is InChI=1S/C11H6N4O2/c12-5-8-1-2-9(13-8)11-14-10(15-17-11)7-3-4-16-6-7/h1-4,6,13H. The topological polar surface area (TPSA) is 91.6 Å². The van der Waals surface area contributed by atoms with Crippen LogP contribution in [0.5, 0.6) is 0 Å². The van der Waals surface area contributed by atoms with Crippen LogP contribution in [0.3, 0.4) is 0 Å². The highest BCUT2D eigenvalue weighted by molar-refractivity contribution is 5.57. The Balaban J connectivity index is 1.98. The zero-order valence-corrected chi connectivity index (χ0v) is 8.54. The van der Waals surface area contributed by atoms with Crippen LogP contribution in [0.15, 0.2) is 39.7 Å². The summed E-state index contributed by atoms with van der Waals surface area (Å²) in [5.41, 5.74) is 1.80. The number of H-pyrrole nitrogens is 1. The van der Waals surface area contributed by atoms with Crippen LogP contribution in [0.25, 0.3) is 23.0 Å². The highest BCUT2D eigenvalue weighted by atomic mass is 16.5. The molecule has 0 aliphatic carbocycles. The highest BCUT2D eigenvalue weighted by Gasteiger charge is 2.12. The van der Waals surface area contributed by atoms with E-state index in [4.69, 9.17) is 14.2 Å². The fraction of sp³-hybridized carbons (Fsp3) is 0. The molecule has 0 aliphatic rings. The van der Waals surface area contributed by atoms with Crippen LogP contribution < -0.4 is 0 Å². The second-order valence-corrected chi connectivity index (χ2v) is 3.33. The minimum Gasteiger partial charge on any atom is -0.472 e. The molecule has 3 aromatic heterocycles. The van der Waals surface area contributed by atoms with Crippen LogP contribution in [0.2, 0.25) is 0 Å². The summed E-state index contributed by atoms with van der Waals surface area (Å²) in [6.07, 6.45) is 3.07. The summed E-state index contributed by atoms with van der Waals surface area (Å²) in [4.78, 5) is 7.05. The van der Waals surface area contributed by atoms with Gasteiger partial charge >= 0.3 is 0 Å². The van der Waals surface area contributed by atoms with E-state index in [1.165, 1.54) is 12.5 Å². The lowest BCUT2D eigenvalue weighted by atomic mass is 10.3. The molecular formula is C11H6N4O2. The van der Waals surface area contributed by atoms with Gasteiger partial charge in [-0.2, -0.15) is 10.2 Å². The summed E-state index contributed by atoms with van der Waals surface area (Å²) in [5.74, 6) is 0.782. The third-order valence-corrected chi connectivity index (χ3v) is 2.24. The van der Waals surface area contributed by atoms with Gasteiger partial charge in [-0.15, -0.1) is 0 Å². The summed E-state index contributed by atoms with van der Waals surface area (Å²) >= 11 is 0. The first-order valence-electron chi connectivity index (χ1n) is 4.82. The van der Waals surface area contributed by atoms with E-state index in [0.717, 1.165) is 5.56 Å². The van der Waals surface area contributed by atoms with Gasteiger partial charge in [-0.05, 0) is 18.2 Å². The average Bonchev–Trinajstić information content (AvgIpc) is 3.09. The Morgan fingerprint density at radius 1 is 1.29 bits per heavy atom. The van der Waals surface area contributed by atoms with E-state index in [9.17, 15) is 0 Å². The molecule has 0 aliphatic heterocycles. The maximum absolute atomic E-state index is 8.69. The summed E-state index contributed by atoms with van der Waals surface area (Å²) < 4.78 is 10.0. The fourth-order valence-electron chi connectivity index (χ4n) is 1.43. The Kier molecular flexibility index (Phi) is 2.02. The molecule has 3 rings (SSSR count). The lowest BCUT2D eigenvalue weighted by molar-refractivity contribution is 0.431. The van der Waals surface area contributed by atoms with E-state index in [2.05, 4.69) is 15.1 Å². The summed E-state index contributed by atoms with van der Waals surface area (Å²) in [6, 6.07) is 7.09. The van der Waals surface area contributed by atoms with Crippen molar-refractivity contribution < 1.29 is 8.94 Å². The number of rotatable bonds is 2. The molecule has 0 fully saturated rings. The lowest BCUT2D eigenvalue weighted by Crippen LogP contribution is -1.79. The Bertz CT molecular complexity index is 672. The number of nitrogens with zero attached hydrogens (tertiary/aromatic N) is 3. The lowest BCUT2D eigenvalue weighted by Gasteiger charge is -1.85. The molecule has 0 saturated carbocycles. The van der Waals surface area contributed by atoms with Crippen molar-refractivity contribution in [2.24, 2.45) is 0 Å². The molecular weight excluding hydrogens is 220 g/mol. The van der Waals surface area contributed by atoms with Gasteiger partial charge in [0.05, 0.1) is 11.8 Å². The van der Waals surface area contributed by atoms with E-state index in [-0.39, 0.29) is 0 Å². The molecule has 0 saturated heterocycles. The van der Waals surface area contributed by atoms with Gasteiger partial charge < -0.3 is 13.9 Å². The molecule has 0 radical (unpaired) electrons. The van der Waals surface area contributed by atoms with E-state index >= 15 is 0 Å². The minimum absolute atomic E-state index is 0.336. The first-order chi connectivity index (χ1) is 8.36. The molecule has 3 aromatic rings. The molecule has 6 heteroatoms. The number of nitrogens with one attached hydrogen (secondary N) is 1. The monoisotopic (exact) mass is 226 g/mol. The zero-order valence-electron chi connectivity index (χ0n) is 8.54. The maximum Gasteiger partial charge on any atom is 0.274 e. The summed E-state index contributed by atoms with van der Waals surface area (Å²) in [7, 11) is 0. The molecule has 0 bridgehead atoms. The number of aromatic amines is 1. The minimum atomic E-state index is 0.336. The van der Waals surface area contributed by atoms with E-state index < -0.39 is 0 Å². The van der Waals surface area contributed by atoms with Crippen molar-refractivity contribution in [1.82, 2.24) is 15.1 Å². The normalized spacial score (nSPS) is 10.3. The quantitative estimate of drug-likeness (QED) is 0.723. The van der Waals surface area contributed by atoms with Gasteiger partial charge in [-0.1, -0.05) is 5.16 Å². The van der Waals surface area contributed by atoms with Gasteiger partial charge in [0, 0.05) is 0 Å². The Labute approximate surface area is 95.5 Å². The molecule has 0 aromatic carbocycles. The molecule has 1 N–H and O–H groups in total. The van der Waals surface area contributed by atoms with Crippen molar-refractivity contribution in [3.63, 3.8) is 0 Å². The molecule has 0 amide bonds. The van der Waals surface area contributed by atoms with Gasteiger partial charge in [0.1, 0.15) is 23.7 Å². The van der Waals surface area contributed by atoms with Gasteiger partial charge in [-0.25, -0.2) is 0 Å². The molecule has 0 spiro atoms. The second-order valence-electron chi connectivity index (χ2n) is 3.33. The molecule has 82 valence electrons. The van der Waals surface area contributed by atoms with Crippen LogP contribution >= 0.6 is 0 Å². The summed E-state index contributed by atoms with van der Waals surface area (Å²) in [6.45, 7) is 0. The SMILES string of the molecule is N#Cc1ccc(-c2nc(-c3ccoc3)no2)[nH]1. The van der Waals surface area contributed by atoms with Crippen molar-refractivity contribution in [2.75, 3.05) is 0 Å². The third kappa shape index (κ3) is 1.59. The van der Waals surface area contributed by atoms with Crippen molar-refractivity contribution in [1.29, 1.82) is 5.26 Å². The van der Waals surface area contributed by atoms with Crippen molar-refractivity contribution in [3.8, 4) is 29.0 Å². The molecule has 0 unspecified atom stereocenters. The van der Waals surface area contributed by atoms with Crippen LogP contribution in [0, 0.1) is 11.3 Å². The zero-order chi connectivity index (χ0) is 11.7. The van der Waals surface area contributed by atoms with Gasteiger partial charge in [0.25, 0.3) is 5.89 Å². The van der Waals surface area contributed by atoms with Gasteiger partial charge in [0.15, 0.2) is 0 Å². The molecule has 0 atom stereocenters. The van der Waals surface area contributed by atoms with E-state index in [0.29, 0.717) is 23.1 Å². The Morgan fingerprint density at radius 2 is 2.24 bits per heavy atom. The van der Waals surface area contributed by atoms with Crippen LogP contribution in [0.1, 0.15) is 5.69 Å². The van der Waals surface area contributed by atoms with Crippen LogP contribution in [0.4, 0.5) is 0 Å². The number of hydrogen-bond acceptors (Lipinski definition) is 5. The first kappa shape index (κ1) is 9.42. The predicted molar refractivity (Wildman–Crippen MR) is 56.5 cm³/mol. The van der Waals surface area contributed by atoms with E-state index in [1.54, 1.807) is 18.2 Å². The summed E-state index contributed by atoms with van der Waals surface area (Å²) in [5, 5.41) is 12.5. The van der Waals surface area contributed by atoms with Crippen LogP contribution in [-0.2, 0) is 0 Å². The number of aromatic nitrogens is 3. The number of hydrogen-bond donors (Lipinski definition) is 1. The van der Waals surface area contributed by atoms with Crippen molar-refractivity contribution in [2.45, 2.75) is 0 Å². The molecule has 3 heterocycles. The number of furan rings is 1. The third-order valence-electron chi connectivity index (χ3n) is 2.24. The highest BCUT2D eigenvalue weighted by Crippen LogP contribution is 2.21. The smallest absolute Gasteiger partial charge is 0.274 e. The largest absolute Gasteiger partial charge is 0.472 e. The Hall–Kier alpha value is -2.81. The van der Waals surface area contributed by atoms with E-state index in [1.807, 2.05) is 6.07 Å². The first-order valence-corrected chi connectivity index (χ1v) is 4.82. The Morgan fingerprint density at radius 3 is 2.94 bits per heavy atom. The van der Waals surface area contributed by atoms with Crippen LogP contribution in [-0.4, -0.2) is 15.1 Å². The molecule has 17 heavy (non-hydrogen) atoms. The fourth-order valence-corrected chi connectivity index (χ4v) is 1.43. The van der Waals surface area contributed by atoms with Crippen molar-refractivity contribution in [3.05, 3.63) is 36.4 Å². The number of nitriles is 1. The maximum atomic E-state index is 8.69. The average molecular weight is 226 g/mol. The second kappa shape index (κ2) is 3.64. The van der Waals surface area contributed by atoms with Gasteiger partial charge in [-0.3, -0.25) is 0 Å². The predicted octanol–water partition coefficient (Wildman–Crippen LogP) is 2.20. The molecule has 6 nitrogen and oxygen atoms in total. The van der Waals surface area contributed by atoms with Gasteiger partial charge in [0.2, 0.25) is 5.82 Å².